The van der Waals surface area contributed by atoms with E-state index in [0.717, 1.165) is 20.9 Å². The minimum atomic E-state index is -2.89. The van der Waals surface area contributed by atoms with Gasteiger partial charge in [0.05, 0.1) is 12.3 Å². The normalized spacial score (nSPS) is 14.9. The number of hydrazone groups is 1. The Labute approximate surface area is 217 Å². The van der Waals surface area contributed by atoms with Crippen LogP contribution in [0.2, 0.25) is 0 Å². The van der Waals surface area contributed by atoms with Crippen LogP contribution in [0.25, 0.3) is 0 Å². The monoisotopic (exact) mass is 515 g/mol. The van der Waals surface area contributed by atoms with E-state index in [-0.39, 0.29) is 17.7 Å². The van der Waals surface area contributed by atoms with Gasteiger partial charge < -0.3 is 10.1 Å². The molecule has 1 aliphatic heterocycles. The van der Waals surface area contributed by atoms with Crippen molar-refractivity contribution in [1.29, 1.82) is 0 Å². The van der Waals surface area contributed by atoms with Gasteiger partial charge in [0, 0.05) is 21.4 Å². The summed E-state index contributed by atoms with van der Waals surface area (Å²) in [5.41, 5.74) is 3.08. The van der Waals surface area contributed by atoms with Gasteiger partial charge in [-0.05, 0) is 71.8 Å². The molecule has 2 amide bonds. The van der Waals surface area contributed by atoms with Crippen LogP contribution in [0.15, 0.2) is 124 Å². The zero-order chi connectivity index (χ0) is 25.6. The Morgan fingerprint density at radius 3 is 2.14 bits per heavy atom. The molecule has 1 heterocycles. The molecule has 5 rings (SSSR count). The summed E-state index contributed by atoms with van der Waals surface area (Å²) in [7, 11) is 0. The van der Waals surface area contributed by atoms with E-state index in [9.17, 15) is 13.6 Å². The Hall–Kier alpha value is -4.17. The Morgan fingerprint density at radius 2 is 1.49 bits per heavy atom. The van der Waals surface area contributed by atoms with Crippen LogP contribution in [0.5, 0.6) is 5.75 Å². The van der Waals surface area contributed by atoms with Gasteiger partial charge in [-0.2, -0.15) is 13.9 Å². The van der Waals surface area contributed by atoms with Gasteiger partial charge in [0.2, 0.25) is 0 Å². The van der Waals surface area contributed by atoms with Gasteiger partial charge in [0.25, 0.3) is 0 Å². The molecule has 1 N–H and O–H groups in total. The minimum absolute atomic E-state index is 0.0667. The molecule has 5 nitrogen and oxygen atoms in total. The lowest BCUT2D eigenvalue weighted by atomic mass is 9.90. The number of rotatable bonds is 7. The van der Waals surface area contributed by atoms with E-state index < -0.39 is 6.61 Å². The molecule has 0 aromatic heterocycles. The molecule has 0 aliphatic carbocycles. The Kier molecular flexibility index (Phi) is 7.46. The van der Waals surface area contributed by atoms with Crippen molar-refractivity contribution >= 4 is 29.2 Å². The molecule has 0 radical (unpaired) electrons. The summed E-state index contributed by atoms with van der Waals surface area (Å²) in [6.07, 6.45) is 0. The summed E-state index contributed by atoms with van der Waals surface area (Å²) in [6.45, 7) is -2.54. The van der Waals surface area contributed by atoms with Gasteiger partial charge in [0.15, 0.2) is 0 Å². The lowest BCUT2D eigenvalue weighted by molar-refractivity contribution is -0.0498. The van der Waals surface area contributed by atoms with E-state index in [1.807, 2.05) is 84.9 Å². The number of ether oxygens (including phenoxy) is 1. The van der Waals surface area contributed by atoms with E-state index in [2.05, 4.69) is 15.2 Å². The van der Waals surface area contributed by atoms with Crippen molar-refractivity contribution in [2.24, 2.45) is 5.10 Å². The molecule has 0 fully saturated rings. The predicted molar refractivity (Wildman–Crippen MR) is 142 cm³/mol. The molecular weight excluding hydrogens is 492 g/mol. The molecule has 1 aliphatic rings. The van der Waals surface area contributed by atoms with Crippen molar-refractivity contribution in [1.82, 2.24) is 5.01 Å². The average molecular weight is 516 g/mol. The van der Waals surface area contributed by atoms with Crippen LogP contribution in [0.3, 0.4) is 0 Å². The van der Waals surface area contributed by atoms with Gasteiger partial charge in [-0.25, -0.2) is 9.80 Å². The molecule has 0 saturated carbocycles. The predicted octanol–water partition coefficient (Wildman–Crippen LogP) is 7.47. The summed E-state index contributed by atoms with van der Waals surface area (Å²) in [6, 6.07) is 33.4. The van der Waals surface area contributed by atoms with Crippen molar-refractivity contribution in [3.05, 3.63) is 120 Å². The molecule has 1 atom stereocenters. The standard InChI is InChI=1S/C29H23F2N3O2S/c30-28(31)36-23-15-11-21(12-16-23)27-26(20-7-3-1-4-8-20)19-34(33-27)29(35)32-22-13-17-25(18-14-22)37-24-9-5-2-6-10-24/h1-18,26,28H,19H2,(H,32,35)/t26-/m1/s1. The quantitative estimate of drug-likeness (QED) is 0.278. The molecule has 186 valence electrons. The second kappa shape index (κ2) is 11.3. The van der Waals surface area contributed by atoms with Gasteiger partial charge in [0.1, 0.15) is 5.75 Å². The maximum atomic E-state index is 13.1. The highest BCUT2D eigenvalue weighted by atomic mass is 32.2. The molecular formula is C29H23F2N3O2S. The lowest BCUT2D eigenvalue weighted by Crippen LogP contribution is -2.30. The number of carbonyl (C=O) groups is 1. The molecule has 0 saturated heterocycles. The smallest absolute Gasteiger partial charge is 0.387 e. The average Bonchev–Trinajstić information content (AvgIpc) is 3.37. The van der Waals surface area contributed by atoms with Crippen molar-refractivity contribution < 1.29 is 18.3 Å². The molecule has 37 heavy (non-hydrogen) atoms. The number of benzene rings is 4. The molecule has 8 heteroatoms. The topological polar surface area (TPSA) is 53.9 Å². The molecule has 0 spiro atoms. The first-order valence-corrected chi connectivity index (χ1v) is 12.5. The highest BCUT2D eigenvalue weighted by Crippen LogP contribution is 2.31. The number of nitrogens with zero attached hydrogens (tertiary/aromatic N) is 2. The van der Waals surface area contributed by atoms with Gasteiger partial charge in [-0.15, -0.1) is 0 Å². The fourth-order valence-corrected chi connectivity index (χ4v) is 4.90. The van der Waals surface area contributed by atoms with Gasteiger partial charge >= 0.3 is 12.6 Å². The Morgan fingerprint density at radius 1 is 0.865 bits per heavy atom. The van der Waals surface area contributed by atoms with Crippen molar-refractivity contribution in [2.75, 3.05) is 11.9 Å². The summed E-state index contributed by atoms with van der Waals surface area (Å²) < 4.78 is 29.6. The van der Waals surface area contributed by atoms with Crippen molar-refractivity contribution in [2.45, 2.75) is 22.3 Å². The van der Waals surface area contributed by atoms with E-state index in [0.29, 0.717) is 17.9 Å². The highest BCUT2D eigenvalue weighted by molar-refractivity contribution is 7.99. The first-order valence-electron chi connectivity index (χ1n) is 11.7. The largest absolute Gasteiger partial charge is 0.435 e. The second-order valence-electron chi connectivity index (χ2n) is 8.30. The molecule has 0 unspecified atom stereocenters. The number of alkyl halides is 2. The fourth-order valence-electron chi connectivity index (χ4n) is 4.06. The zero-order valence-corrected chi connectivity index (χ0v) is 20.4. The maximum Gasteiger partial charge on any atom is 0.387 e. The number of nitrogens with one attached hydrogen (secondary N) is 1. The Balaban J connectivity index is 1.32. The van der Waals surface area contributed by atoms with Crippen LogP contribution in [-0.4, -0.2) is 29.9 Å². The first kappa shape index (κ1) is 24.5. The van der Waals surface area contributed by atoms with Crippen LogP contribution < -0.4 is 10.1 Å². The van der Waals surface area contributed by atoms with E-state index in [4.69, 9.17) is 0 Å². The number of hydrogen-bond donors (Lipinski definition) is 1. The van der Waals surface area contributed by atoms with E-state index in [1.54, 1.807) is 23.9 Å². The zero-order valence-electron chi connectivity index (χ0n) is 19.6. The van der Waals surface area contributed by atoms with Crippen molar-refractivity contribution in [3.63, 3.8) is 0 Å². The van der Waals surface area contributed by atoms with Crippen LogP contribution in [0.1, 0.15) is 17.0 Å². The first-order chi connectivity index (χ1) is 18.0. The maximum absolute atomic E-state index is 13.1. The van der Waals surface area contributed by atoms with E-state index >= 15 is 0 Å². The number of halogens is 2. The minimum Gasteiger partial charge on any atom is -0.435 e. The number of hydrogen-bond acceptors (Lipinski definition) is 4. The number of carbonyl (C=O) groups excluding carboxylic acids is 1. The summed E-state index contributed by atoms with van der Waals surface area (Å²) in [5, 5.41) is 8.94. The molecule has 0 bridgehead atoms. The molecule has 4 aromatic carbocycles. The summed E-state index contributed by atoms with van der Waals surface area (Å²) >= 11 is 1.64. The summed E-state index contributed by atoms with van der Waals surface area (Å²) in [5.74, 6) is -0.101. The summed E-state index contributed by atoms with van der Waals surface area (Å²) in [4.78, 5) is 15.3. The fraction of sp³-hybridized carbons (Fsp3) is 0.103. The lowest BCUT2D eigenvalue weighted by Gasteiger charge is -2.16. The van der Waals surface area contributed by atoms with Gasteiger partial charge in [-0.1, -0.05) is 60.3 Å². The van der Waals surface area contributed by atoms with Crippen LogP contribution in [-0.2, 0) is 0 Å². The van der Waals surface area contributed by atoms with Crippen LogP contribution in [0, 0.1) is 0 Å². The third kappa shape index (κ3) is 6.16. The SMILES string of the molecule is O=C(Nc1ccc(Sc2ccccc2)cc1)N1C[C@H](c2ccccc2)C(c2ccc(OC(F)F)cc2)=N1. The molecule has 4 aromatic rings. The highest BCUT2D eigenvalue weighted by Gasteiger charge is 2.32. The number of amides is 2. The Bertz CT molecular complexity index is 1370. The van der Waals surface area contributed by atoms with E-state index in [1.165, 1.54) is 17.1 Å². The number of anilines is 1. The van der Waals surface area contributed by atoms with Crippen molar-refractivity contribution in [3.8, 4) is 5.75 Å². The van der Waals surface area contributed by atoms with Crippen LogP contribution in [0.4, 0.5) is 19.3 Å². The second-order valence-corrected chi connectivity index (χ2v) is 9.45. The third-order valence-corrected chi connectivity index (χ3v) is 6.83. The third-order valence-electron chi connectivity index (χ3n) is 5.81. The van der Waals surface area contributed by atoms with Crippen LogP contribution >= 0.6 is 11.8 Å². The van der Waals surface area contributed by atoms with Gasteiger partial charge in [-0.3, -0.25) is 0 Å². The number of urea groups is 1.